The molecule has 1 atom stereocenters. The molecule has 0 aromatic carbocycles. The highest BCUT2D eigenvalue weighted by molar-refractivity contribution is 5.21. The molecule has 1 aromatic rings. The minimum Gasteiger partial charge on any atom is -0.383 e. The Labute approximate surface area is 95.5 Å². The Kier molecular flexibility index (Phi) is 4.33. The van der Waals surface area contributed by atoms with Gasteiger partial charge in [0.15, 0.2) is 0 Å². The Morgan fingerprint density at radius 2 is 2.62 bits per heavy atom. The summed E-state index contributed by atoms with van der Waals surface area (Å²) in [6.45, 7) is 4.11. The fraction of sp³-hybridized carbons (Fsp3) is 0.727. The van der Waals surface area contributed by atoms with Gasteiger partial charge in [0, 0.05) is 44.0 Å². The van der Waals surface area contributed by atoms with Gasteiger partial charge in [0.05, 0.1) is 19.4 Å². The minimum atomic E-state index is 0.488. The molecule has 2 heterocycles. The molecule has 0 bridgehead atoms. The van der Waals surface area contributed by atoms with Crippen LogP contribution in [0.3, 0.4) is 0 Å². The van der Waals surface area contributed by atoms with E-state index in [1.54, 1.807) is 7.11 Å². The quantitative estimate of drug-likeness (QED) is 0.698. The zero-order valence-electron chi connectivity index (χ0n) is 9.66. The number of methoxy groups -OCH3 is 1. The molecule has 1 aliphatic heterocycles. The maximum Gasteiger partial charge on any atom is 0.0587 e. The number of nitrogens with zero attached hydrogens (tertiary/aromatic N) is 1. The van der Waals surface area contributed by atoms with E-state index in [-0.39, 0.29) is 0 Å². The van der Waals surface area contributed by atoms with Crippen molar-refractivity contribution in [2.75, 3.05) is 33.5 Å². The number of hydrogen-bond donors (Lipinski definition) is 2. The predicted octanol–water partition coefficient (Wildman–Crippen LogP) is 0.650. The third-order valence-electron chi connectivity index (χ3n) is 2.89. The van der Waals surface area contributed by atoms with E-state index in [1.165, 1.54) is 11.3 Å². The molecule has 1 aromatic heterocycles. The lowest BCUT2D eigenvalue weighted by Crippen LogP contribution is -2.19. The van der Waals surface area contributed by atoms with Gasteiger partial charge in [-0.1, -0.05) is 0 Å². The number of hydrogen-bond acceptors (Lipinski definition) is 4. The molecule has 5 nitrogen and oxygen atoms in total. The van der Waals surface area contributed by atoms with Crippen molar-refractivity contribution >= 4 is 0 Å². The summed E-state index contributed by atoms with van der Waals surface area (Å²) in [5, 5.41) is 10.5. The summed E-state index contributed by atoms with van der Waals surface area (Å²) in [7, 11) is 1.71. The van der Waals surface area contributed by atoms with Gasteiger partial charge in [-0.05, 0) is 6.42 Å². The Bertz CT molecular complexity index is 308. The van der Waals surface area contributed by atoms with Crippen molar-refractivity contribution in [3.05, 3.63) is 17.5 Å². The van der Waals surface area contributed by atoms with Crippen LogP contribution in [0, 0.1) is 0 Å². The van der Waals surface area contributed by atoms with E-state index in [9.17, 15) is 0 Å². The highest BCUT2D eigenvalue weighted by atomic mass is 16.5. The van der Waals surface area contributed by atoms with Crippen LogP contribution in [0.1, 0.15) is 23.6 Å². The minimum absolute atomic E-state index is 0.488. The van der Waals surface area contributed by atoms with E-state index in [0.29, 0.717) is 5.92 Å². The van der Waals surface area contributed by atoms with Gasteiger partial charge in [-0.25, -0.2) is 0 Å². The lowest BCUT2D eigenvalue weighted by atomic mass is 10.0. The van der Waals surface area contributed by atoms with Crippen LogP contribution >= 0.6 is 0 Å². The van der Waals surface area contributed by atoms with Crippen LogP contribution in [0.2, 0.25) is 0 Å². The van der Waals surface area contributed by atoms with Crippen molar-refractivity contribution in [2.24, 2.45) is 0 Å². The highest BCUT2D eigenvalue weighted by Crippen LogP contribution is 2.25. The van der Waals surface area contributed by atoms with Crippen molar-refractivity contribution in [3.8, 4) is 0 Å². The number of nitrogens with one attached hydrogen (secondary N) is 2. The molecular formula is C11H19N3O2. The Hall–Kier alpha value is -0.910. The van der Waals surface area contributed by atoms with Crippen molar-refractivity contribution < 1.29 is 9.47 Å². The second kappa shape index (κ2) is 5.98. The second-order valence-electron chi connectivity index (χ2n) is 4.04. The number of H-pyrrole nitrogens is 1. The maximum absolute atomic E-state index is 5.39. The van der Waals surface area contributed by atoms with Gasteiger partial charge < -0.3 is 14.8 Å². The molecule has 1 unspecified atom stereocenters. The molecule has 1 fully saturated rings. The molecule has 1 aliphatic rings. The molecule has 1 saturated heterocycles. The molecule has 0 radical (unpaired) electrons. The van der Waals surface area contributed by atoms with Gasteiger partial charge in [0.2, 0.25) is 0 Å². The number of rotatable bonds is 6. The number of aromatic nitrogens is 2. The van der Waals surface area contributed by atoms with Gasteiger partial charge in [0.25, 0.3) is 0 Å². The Morgan fingerprint density at radius 1 is 1.69 bits per heavy atom. The summed E-state index contributed by atoms with van der Waals surface area (Å²) >= 11 is 0. The molecule has 0 amide bonds. The fourth-order valence-corrected chi connectivity index (χ4v) is 1.97. The predicted molar refractivity (Wildman–Crippen MR) is 60.3 cm³/mol. The van der Waals surface area contributed by atoms with E-state index in [2.05, 4.69) is 15.5 Å². The number of aromatic amines is 1. The third-order valence-corrected chi connectivity index (χ3v) is 2.89. The molecule has 16 heavy (non-hydrogen) atoms. The van der Waals surface area contributed by atoms with E-state index >= 15 is 0 Å². The molecule has 5 heteroatoms. The van der Waals surface area contributed by atoms with Crippen LogP contribution < -0.4 is 5.32 Å². The summed E-state index contributed by atoms with van der Waals surface area (Å²) in [5.41, 5.74) is 2.47. The van der Waals surface area contributed by atoms with Gasteiger partial charge in [-0.3, -0.25) is 5.10 Å². The van der Waals surface area contributed by atoms with Crippen LogP contribution in [0.5, 0.6) is 0 Å². The molecule has 0 saturated carbocycles. The average molecular weight is 225 g/mol. The highest BCUT2D eigenvalue weighted by Gasteiger charge is 2.21. The van der Waals surface area contributed by atoms with E-state index in [4.69, 9.17) is 9.47 Å². The first-order valence-electron chi connectivity index (χ1n) is 5.71. The molecule has 90 valence electrons. The summed E-state index contributed by atoms with van der Waals surface area (Å²) < 4.78 is 10.4. The van der Waals surface area contributed by atoms with Crippen molar-refractivity contribution in [3.63, 3.8) is 0 Å². The average Bonchev–Trinajstić information content (AvgIpc) is 2.94. The SMILES string of the molecule is COCCNCc1cn[nH]c1C1CCOC1. The van der Waals surface area contributed by atoms with Gasteiger partial charge in [0.1, 0.15) is 0 Å². The monoisotopic (exact) mass is 225 g/mol. The number of ether oxygens (including phenoxy) is 2. The topological polar surface area (TPSA) is 59.2 Å². The van der Waals surface area contributed by atoms with Crippen LogP contribution in [0.25, 0.3) is 0 Å². The summed E-state index contributed by atoms with van der Waals surface area (Å²) in [4.78, 5) is 0. The molecule has 0 aliphatic carbocycles. The Balaban J connectivity index is 1.86. The van der Waals surface area contributed by atoms with Crippen LogP contribution in [0.4, 0.5) is 0 Å². The van der Waals surface area contributed by atoms with Gasteiger partial charge in [-0.15, -0.1) is 0 Å². The van der Waals surface area contributed by atoms with Crippen LogP contribution in [-0.4, -0.2) is 43.7 Å². The summed E-state index contributed by atoms with van der Waals surface area (Å²) in [6, 6.07) is 0. The van der Waals surface area contributed by atoms with Crippen molar-refractivity contribution in [1.82, 2.24) is 15.5 Å². The maximum atomic E-state index is 5.39. The smallest absolute Gasteiger partial charge is 0.0587 e. The van der Waals surface area contributed by atoms with Crippen molar-refractivity contribution in [1.29, 1.82) is 0 Å². The fourth-order valence-electron chi connectivity index (χ4n) is 1.97. The second-order valence-corrected chi connectivity index (χ2v) is 4.04. The normalized spacial score (nSPS) is 20.4. The lowest BCUT2D eigenvalue weighted by molar-refractivity contribution is 0.193. The molecule has 0 spiro atoms. The first-order chi connectivity index (χ1) is 7.92. The summed E-state index contributed by atoms with van der Waals surface area (Å²) in [6.07, 6.45) is 2.99. The lowest BCUT2D eigenvalue weighted by Gasteiger charge is -2.09. The van der Waals surface area contributed by atoms with E-state index in [0.717, 1.165) is 39.3 Å². The molecule has 2 N–H and O–H groups in total. The Morgan fingerprint density at radius 3 is 3.38 bits per heavy atom. The van der Waals surface area contributed by atoms with Crippen LogP contribution in [0.15, 0.2) is 6.20 Å². The summed E-state index contributed by atoms with van der Waals surface area (Å²) in [5.74, 6) is 0.488. The first kappa shape index (κ1) is 11.6. The first-order valence-corrected chi connectivity index (χ1v) is 5.71. The molecular weight excluding hydrogens is 206 g/mol. The molecule has 2 rings (SSSR count). The van der Waals surface area contributed by atoms with Gasteiger partial charge >= 0.3 is 0 Å². The third kappa shape index (κ3) is 2.81. The van der Waals surface area contributed by atoms with E-state index in [1.807, 2.05) is 6.20 Å². The van der Waals surface area contributed by atoms with Crippen molar-refractivity contribution in [2.45, 2.75) is 18.9 Å². The largest absolute Gasteiger partial charge is 0.383 e. The van der Waals surface area contributed by atoms with Crippen LogP contribution in [-0.2, 0) is 16.0 Å². The zero-order valence-corrected chi connectivity index (χ0v) is 9.66. The zero-order chi connectivity index (χ0) is 11.2. The van der Waals surface area contributed by atoms with E-state index < -0.39 is 0 Å². The van der Waals surface area contributed by atoms with Gasteiger partial charge in [-0.2, -0.15) is 5.10 Å². The standard InChI is InChI=1S/C11H19N3O2/c1-15-5-3-12-6-10-7-13-14-11(10)9-2-4-16-8-9/h7,9,12H,2-6,8H2,1H3,(H,13,14).